The zero-order chi connectivity index (χ0) is 13.7. The van der Waals surface area contributed by atoms with Crippen LogP contribution in [0.25, 0.3) is 0 Å². The molecule has 0 radical (unpaired) electrons. The molecule has 0 saturated carbocycles. The van der Waals surface area contributed by atoms with E-state index in [0.29, 0.717) is 12.1 Å². The first-order valence-electron chi connectivity index (χ1n) is 5.93. The van der Waals surface area contributed by atoms with Crippen LogP contribution in [0, 0.1) is 30.1 Å². The van der Waals surface area contributed by atoms with Gasteiger partial charge in [-0.2, -0.15) is 5.26 Å². The Balaban J connectivity index is 2.72. The maximum Gasteiger partial charge on any atom is 0.308 e. The Hall–Kier alpha value is -2.02. The number of nitrogens with one attached hydrogen (secondary N) is 1. The van der Waals surface area contributed by atoms with Gasteiger partial charge < -0.3 is 10.4 Å². The van der Waals surface area contributed by atoms with Crippen LogP contribution in [-0.2, 0) is 4.79 Å². The van der Waals surface area contributed by atoms with E-state index >= 15 is 0 Å². The first-order chi connectivity index (χ1) is 8.45. The topological polar surface area (TPSA) is 73.1 Å². The second kappa shape index (κ2) is 6.06. The molecule has 1 atom stereocenters. The highest BCUT2D eigenvalue weighted by Gasteiger charge is 2.20. The van der Waals surface area contributed by atoms with Crippen LogP contribution in [-0.4, -0.2) is 17.6 Å². The summed E-state index contributed by atoms with van der Waals surface area (Å²) in [5.41, 5.74) is 2.37. The van der Waals surface area contributed by atoms with Crippen molar-refractivity contribution in [1.82, 2.24) is 0 Å². The van der Waals surface area contributed by atoms with Gasteiger partial charge in [-0.05, 0) is 36.6 Å². The molecule has 1 rings (SSSR count). The van der Waals surface area contributed by atoms with Crippen LogP contribution in [0.4, 0.5) is 5.69 Å². The second-order valence-corrected chi connectivity index (χ2v) is 4.71. The number of carboxylic acid groups (broad SMARTS) is 1. The highest BCUT2D eigenvalue weighted by Crippen LogP contribution is 2.17. The monoisotopic (exact) mass is 246 g/mol. The van der Waals surface area contributed by atoms with Crippen LogP contribution in [0.5, 0.6) is 0 Å². The number of benzene rings is 1. The van der Waals surface area contributed by atoms with Crippen molar-refractivity contribution in [3.63, 3.8) is 0 Å². The Kier molecular flexibility index (Phi) is 4.73. The van der Waals surface area contributed by atoms with Gasteiger partial charge >= 0.3 is 5.97 Å². The molecule has 0 aliphatic carbocycles. The van der Waals surface area contributed by atoms with Gasteiger partial charge in [-0.1, -0.05) is 13.8 Å². The fraction of sp³-hybridized carbons (Fsp3) is 0.429. The van der Waals surface area contributed by atoms with Crippen molar-refractivity contribution < 1.29 is 9.90 Å². The zero-order valence-electron chi connectivity index (χ0n) is 10.9. The minimum Gasteiger partial charge on any atom is -0.481 e. The summed E-state index contributed by atoms with van der Waals surface area (Å²) in [6.45, 7) is 6.04. The summed E-state index contributed by atoms with van der Waals surface area (Å²) in [7, 11) is 0. The molecule has 0 aromatic heterocycles. The Bertz CT molecular complexity index is 475. The molecule has 0 bridgehead atoms. The van der Waals surface area contributed by atoms with Gasteiger partial charge in [0.15, 0.2) is 0 Å². The first-order valence-corrected chi connectivity index (χ1v) is 5.93. The number of carbonyl (C=O) groups is 1. The lowest BCUT2D eigenvalue weighted by Crippen LogP contribution is -2.27. The molecule has 0 fully saturated rings. The second-order valence-electron chi connectivity index (χ2n) is 4.71. The van der Waals surface area contributed by atoms with Crippen molar-refractivity contribution in [2.24, 2.45) is 11.8 Å². The minimum absolute atomic E-state index is 0.0782. The number of aliphatic carboxylic acids is 1. The van der Waals surface area contributed by atoms with Crippen LogP contribution < -0.4 is 5.32 Å². The molecule has 0 amide bonds. The van der Waals surface area contributed by atoms with E-state index in [1.807, 2.05) is 26.8 Å². The highest BCUT2D eigenvalue weighted by atomic mass is 16.4. The number of nitriles is 1. The minimum atomic E-state index is -0.789. The van der Waals surface area contributed by atoms with E-state index < -0.39 is 11.9 Å². The van der Waals surface area contributed by atoms with Gasteiger partial charge in [0.2, 0.25) is 0 Å². The van der Waals surface area contributed by atoms with Crippen LogP contribution in [0.1, 0.15) is 25.0 Å². The molecular formula is C14H18N2O2. The summed E-state index contributed by atoms with van der Waals surface area (Å²) in [5.74, 6) is -1.13. The molecule has 0 aliphatic heterocycles. The molecule has 4 nitrogen and oxygen atoms in total. The fourth-order valence-corrected chi connectivity index (χ4v) is 1.74. The summed E-state index contributed by atoms with van der Waals surface area (Å²) < 4.78 is 0. The van der Waals surface area contributed by atoms with E-state index in [0.717, 1.165) is 11.3 Å². The average molecular weight is 246 g/mol. The third kappa shape index (κ3) is 3.49. The van der Waals surface area contributed by atoms with Crippen molar-refractivity contribution in [3.8, 4) is 6.07 Å². The SMILES string of the molecule is Cc1cc(NCC(C(=O)O)C(C)C)ccc1C#N. The molecule has 1 unspecified atom stereocenters. The van der Waals surface area contributed by atoms with E-state index in [9.17, 15) is 4.79 Å². The van der Waals surface area contributed by atoms with E-state index in [2.05, 4.69) is 11.4 Å². The Morgan fingerprint density at radius 1 is 1.50 bits per heavy atom. The van der Waals surface area contributed by atoms with Crippen molar-refractivity contribution in [2.45, 2.75) is 20.8 Å². The number of carboxylic acids is 1. The summed E-state index contributed by atoms with van der Waals surface area (Å²) in [6, 6.07) is 7.50. The van der Waals surface area contributed by atoms with E-state index in [1.54, 1.807) is 12.1 Å². The largest absolute Gasteiger partial charge is 0.481 e. The Morgan fingerprint density at radius 3 is 2.61 bits per heavy atom. The Morgan fingerprint density at radius 2 is 2.17 bits per heavy atom. The molecule has 4 heteroatoms. The highest BCUT2D eigenvalue weighted by molar-refractivity contribution is 5.71. The van der Waals surface area contributed by atoms with Crippen LogP contribution >= 0.6 is 0 Å². The molecule has 1 aromatic carbocycles. The predicted octanol–water partition coefficient (Wildman–Crippen LogP) is 2.64. The van der Waals surface area contributed by atoms with Gasteiger partial charge in [-0.15, -0.1) is 0 Å². The lowest BCUT2D eigenvalue weighted by Gasteiger charge is -2.17. The molecule has 96 valence electrons. The molecule has 2 N–H and O–H groups in total. The van der Waals surface area contributed by atoms with Crippen molar-refractivity contribution >= 4 is 11.7 Å². The van der Waals surface area contributed by atoms with Gasteiger partial charge in [-0.25, -0.2) is 0 Å². The average Bonchev–Trinajstić information content (AvgIpc) is 2.28. The number of aryl methyl sites for hydroxylation is 1. The van der Waals surface area contributed by atoms with E-state index in [-0.39, 0.29) is 5.92 Å². The quantitative estimate of drug-likeness (QED) is 0.837. The standard InChI is InChI=1S/C14H18N2O2/c1-9(2)13(14(17)18)8-16-12-5-4-11(7-15)10(3)6-12/h4-6,9,13,16H,8H2,1-3H3,(H,17,18). The number of rotatable bonds is 5. The summed E-state index contributed by atoms with van der Waals surface area (Å²) in [4.78, 5) is 11.0. The number of hydrogen-bond acceptors (Lipinski definition) is 3. The normalized spacial score (nSPS) is 11.9. The lowest BCUT2D eigenvalue weighted by molar-refractivity contribution is -0.142. The zero-order valence-corrected chi connectivity index (χ0v) is 10.9. The molecule has 18 heavy (non-hydrogen) atoms. The fourth-order valence-electron chi connectivity index (χ4n) is 1.74. The van der Waals surface area contributed by atoms with Gasteiger partial charge in [0.25, 0.3) is 0 Å². The smallest absolute Gasteiger partial charge is 0.308 e. The molecule has 0 spiro atoms. The molecule has 0 aliphatic rings. The number of hydrogen-bond donors (Lipinski definition) is 2. The van der Waals surface area contributed by atoms with Gasteiger partial charge in [0.05, 0.1) is 17.6 Å². The first kappa shape index (κ1) is 14.0. The van der Waals surface area contributed by atoms with Crippen molar-refractivity contribution in [2.75, 3.05) is 11.9 Å². The van der Waals surface area contributed by atoms with Crippen LogP contribution in [0.15, 0.2) is 18.2 Å². The number of nitrogens with zero attached hydrogens (tertiary/aromatic N) is 1. The molecule has 0 heterocycles. The number of anilines is 1. The van der Waals surface area contributed by atoms with Crippen LogP contribution in [0.2, 0.25) is 0 Å². The van der Waals surface area contributed by atoms with E-state index in [4.69, 9.17) is 10.4 Å². The summed E-state index contributed by atoms with van der Waals surface area (Å²) in [5, 5.41) is 21.0. The van der Waals surface area contributed by atoms with Gasteiger partial charge in [-0.3, -0.25) is 4.79 Å². The maximum atomic E-state index is 11.0. The van der Waals surface area contributed by atoms with Gasteiger partial charge in [0.1, 0.15) is 0 Å². The summed E-state index contributed by atoms with van der Waals surface area (Å²) >= 11 is 0. The third-order valence-electron chi connectivity index (χ3n) is 2.99. The molecule has 0 saturated heterocycles. The Labute approximate surface area is 107 Å². The molecule has 1 aromatic rings. The van der Waals surface area contributed by atoms with Crippen LogP contribution in [0.3, 0.4) is 0 Å². The molecular weight excluding hydrogens is 228 g/mol. The van der Waals surface area contributed by atoms with Gasteiger partial charge in [0, 0.05) is 12.2 Å². The lowest BCUT2D eigenvalue weighted by atomic mass is 9.96. The van der Waals surface area contributed by atoms with Crippen molar-refractivity contribution in [3.05, 3.63) is 29.3 Å². The predicted molar refractivity (Wildman–Crippen MR) is 70.3 cm³/mol. The summed E-state index contributed by atoms with van der Waals surface area (Å²) in [6.07, 6.45) is 0. The maximum absolute atomic E-state index is 11.0. The van der Waals surface area contributed by atoms with Crippen molar-refractivity contribution in [1.29, 1.82) is 5.26 Å². The van der Waals surface area contributed by atoms with E-state index in [1.165, 1.54) is 0 Å². The third-order valence-corrected chi connectivity index (χ3v) is 2.99.